The topological polar surface area (TPSA) is 99.4 Å². The average molecular weight is 300 g/mol. The molecule has 1 saturated heterocycles. The van der Waals surface area contributed by atoms with Crippen LogP contribution >= 0.6 is 11.5 Å². The third-order valence-corrected chi connectivity index (χ3v) is 4.40. The van der Waals surface area contributed by atoms with Crippen molar-refractivity contribution >= 4 is 22.6 Å². The molecule has 0 radical (unpaired) electrons. The third kappa shape index (κ3) is 3.25. The second-order valence-corrected chi connectivity index (χ2v) is 5.70. The number of carbonyl (C=O) groups excluding carboxylic acids is 1. The normalized spacial score (nSPS) is 19.5. The predicted octanol–water partition coefficient (Wildman–Crippen LogP) is 0.939. The van der Waals surface area contributed by atoms with Gasteiger partial charge in [-0.3, -0.25) is 4.79 Å². The monoisotopic (exact) mass is 300 g/mol. The molecule has 0 spiro atoms. The van der Waals surface area contributed by atoms with Crippen LogP contribution in [0.3, 0.4) is 0 Å². The van der Waals surface area contributed by atoms with Crippen molar-refractivity contribution in [3.05, 3.63) is 5.82 Å². The number of hydrogen-bond acceptors (Lipinski definition) is 7. The Morgan fingerprint density at radius 1 is 1.60 bits per heavy atom. The van der Waals surface area contributed by atoms with E-state index in [-0.39, 0.29) is 12.0 Å². The maximum Gasteiger partial charge on any atom is 0.225 e. The Balaban J connectivity index is 1.99. The Morgan fingerprint density at radius 2 is 2.30 bits per heavy atom. The number of aromatic nitrogens is 2. The minimum atomic E-state index is -0.559. The van der Waals surface area contributed by atoms with E-state index in [0.717, 1.165) is 0 Å². The lowest BCUT2D eigenvalue weighted by atomic mass is 9.79. The summed E-state index contributed by atoms with van der Waals surface area (Å²) in [5, 5.41) is 3.85. The number of ether oxygens (including phenoxy) is 2. The highest BCUT2D eigenvalue weighted by atomic mass is 32.1. The number of nitrogens with zero attached hydrogens (tertiary/aromatic N) is 2. The highest BCUT2D eigenvalue weighted by Crippen LogP contribution is 2.31. The number of nitrogens with two attached hydrogens (primary N) is 1. The van der Waals surface area contributed by atoms with Gasteiger partial charge in [-0.2, -0.15) is 4.37 Å². The summed E-state index contributed by atoms with van der Waals surface area (Å²) in [5.74, 6) is 0.350. The zero-order valence-electron chi connectivity index (χ0n) is 11.7. The Bertz CT molecular complexity index is 459. The van der Waals surface area contributed by atoms with Crippen LogP contribution in [0.5, 0.6) is 0 Å². The van der Waals surface area contributed by atoms with Gasteiger partial charge in [0.1, 0.15) is 6.10 Å². The van der Waals surface area contributed by atoms with Gasteiger partial charge in [0.25, 0.3) is 0 Å². The molecule has 3 N–H and O–H groups in total. The van der Waals surface area contributed by atoms with Crippen molar-refractivity contribution in [3.63, 3.8) is 0 Å². The first-order chi connectivity index (χ1) is 9.57. The van der Waals surface area contributed by atoms with E-state index in [1.807, 2.05) is 6.92 Å². The summed E-state index contributed by atoms with van der Waals surface area (Å²) in [6.45, 7) is 3.47. The number of rotatable bonds is 6. The van der Waals surface area contributed by atoms with E-state index in [4.69, 9.17) is 15.2 Å². The first kappa shape index (κ1) is 15.1. The van der Waals surface area contributed by atoms with Crippen molar-refractivity contribution in [2.45, 2.75) is 25.9 Å². The molecule has 0 bridgehead atoms. The van der Waals surface area contributed by atoms with Gasteiger partial charge in [-0.1, -0.05) is 0 Å². The molecule has 112 valence electrons. The van der Waals surface area contributed by atoms with Crippen LogP contribution < -0.4 is 11.1 Å². The molecular formula is C12H20N4O3S. The molecule has 0 aliphatic carbocycles. The van der Waals surface area contributed by atoms with Gasteiger partial charge in [0, 0.05) is 38.4 Å². The van der Waals surface area contributed by atoms with Gasteiger partial charge in [0.05, 0.1) is 5.41 Å². The fourth-order valence-electron chi connectivity index (χ4n) is 2.09. The van der Waals surface area contributed by atoms with Crippen LogP contribution in [0.15, 0.2) is 0 Å². The zero-order chi connectivity index (χ0) is 14.6. The number of primary amides is 1. The quantitative estimate of drug-likeness (QED) is 0.811. The molecule has 2 rings (SSSR count). The van der Waals surface area contributed by atoms with Gasteiger partial charge < -0.3 is 20.5 Å². The first-order valence-corrected chi connectivity index (χ1v) is 7.33. The molecule has 1 aromatic heterocycles. The van der Waals surface area contributed by atoms with Crippen LogP contribution in [-0.4, -0.2) is 42.1 Å². The molecule has 7 nitrogen and oxygen atoms in total. The van der Waals surface area contributed by atoms with Crippen molar-refractivity contribution < 1.29 is 14.3 Å². The molecule has 1 aromatic rings. The standard InChI is InChI=1S/C12H20N4O3S/c1-8(18-2)9-15-11(20-16-9)14-7-12(10(13)17)3-5-19-6-4-12/h8H,3-7H2,1-2H3,(H2,13,17)(H,14,15,16). The van der Waals surface area contributed by atoms with Crippen LogP contribution in [0.1, 0.15) is 31.7 Å². The molecule has 0 aromatic carbocycles. The van der Waals surface area contributed by atoms with Crippen molar-refractivity contribution in [2.24, 2.45) is 11.1 Å². The van der Waals surface area contributed by atoms with Gasteiger partial charge in [0.15, 0.2) is 5.82 Å². The molecule has 2 heterocycles. The summed E-state index contributed by atoms with van der Waals surface area (Å²) in [4.78, 5) is 16.1. The largest absolute Gasteiger partial charge is 0.381 e. The van der Waals surface area contributed by atoms with Crippen LogP contribution in [0.25, 0.3) is 0 Å². The van der Waals surface area contributed by atoms with Gasteiger partial charge in [-0.05, 0) is 19.8 Å². The van der Waals surface area contributed by atoms with E-state index in [2.05, 4.69) is 14.7 Å². The highest BCUT2D eigenvalue weighted by molar-refractivity contribution is 7.09. The maximum atomic E-state index is 11.7. The molecule has 1 amide bonds. The van der Waals surface area contributed by atoms with Crippen LogP contribution in [0.4, 0.5) is 5.13 Å². The summed E-state index contributed by atoms with van der Waals surface area (Å²) in [5.41, 5.74) is 5.00. The third-order valence-electron chi connectivity index (χ3n) is 3.71. The van der Waals surface area contributed by atoms with E-state index in [1.54, 1.807) is 7.11 Å². The van der Waals surface area contributed by atoms with Gasteiger partial charge in [0.2, 0.25) is 11.0 Å². The molecule has 8 heteroatoms. The fourth-order valence-corrected chi connectivity index (χ4v) is 2.73. The Kier molecular flexibility index (Phi) is 4.90. The fraction of sp³-hybridized carbons (Fsp3) is 0.750. The second kappa shape index (κ2) is 6.47. The van der Waals surface area contributed by atoms with Crippen molar-refractivity contribution in [2.75, 3.05) is 32.2 Å². The van der Waals surface area contributed by atoms with Crippen molar-refractivity contribution in [1.29, 1.82) is 0 Å². The molecular weight excluding hydrogens is 280 g/mol. The summed E-state index contributed by atoms with van der Waals surface area (Å²) in [6.07, 6.45) is 1.13. The minimum Gasteiger partial charge on any atom is -0.381 e. The van der Waals surface area contributed by atoms with E-state index in [9.17, 15) is 4.79 Å². The molecule has 1 unspecified atom stereocenters. The lowest BCUT2D eigenvalue weighted by Gasteiger charge is -2.34. The molecule has 0 saturated carbocycles. The van der Waals surface area contributed by atoms with Crippen LogP contribution in [0.2, 0.25) is 0 Å². The summed E-state index contributed by atoms with van der Waals surface area (Å²) in [7, 11) is 1.61. The van der Waals surface area contributed by atoms with E-state index in [0.29, 0.717) is 43.6 Å². The van der Waals surface area contributed by atoms with E-state index >= 15 is 0 Å². The second-order valence-electron chi connectivity index (χ2n) is 4.95. The molecule has 1 atom stereocenters. The number of methoxy groups -OCH3 is 1. The Hall–Kier alpha value is -1.25. The number of nitrogens with one attached hydrogen (secondary N) is 1. The van der Waals surface area contributed by atoms with E-state index < -0.39 is 5.41 Å². The molecule has 1 aliphatic heterocycles. The first-order valence-electron chi connectivity index (χ1n) is 6.55. The molecule has 20 heavy (non-hydrogen) atoms. The number of anilines is 1. The predicted molar refractivity (Wildman–Crippen MR) is 75.5 cm³/mol. The number of amides is 1. The smallest absolute Gasteiger partial charge is 0.225 e. The van der Waals surface area contributed by atoms with Gasteiger partial charge in [-0.15, -0.1) is 0 Å². The number of carbonyl (C=O) groups is 1. The number of hydrogen-bond donors (Lipinski definition) is 2. The summed E-state index contributed by atoms with van der Waals surface area (Å²) < 4.78 is 14.7. The Morgan fingerprint density at radius 3 is 2.90 bits per heavy atom. The highest BCUT2D eigenvalue weighted by Gasteiger charge is 2.38. The van der Waals surface area contributed by atoms with Gasteiger partial charge in [-0.25, -0.2) is 4.98 Å². The van der Waals surface area contributed by atoms with Crippen molar-refractivity contribution in [3.8, 4) is 0 Å². The van der Waals surface area contributed by atoms with Gasteiger partial charge >= 0.3 is 0 Å². The maximum absolute atomic E-state index is 11.7. The summed E-state index contributed by atoms with van der Waals surface area (Å²) in [6, 6.07) is 0. The lowest BCUT2D eigenvalue weighted by Crippen LogP contribution is -2.46. The molecule has 1 fully saturated rings. The van der Waals surface area contributed by atoms with Crippen molar-refractivity contribution in [1.82, 2.24) is 9.36 Å². The van der Waals surface area contributed by atoms with E-state index in [1.165, 1.54) is 11.5 Å². The SMILES string of the molecule is COC(C)c1nsc(NCC2(C(N)=O)CCOCC2)n1. The van der Waals surface area contributed by atoms with Crippen LogP contribution in [0, 0.1) is 5.41 Å². The van der Waals surface area contributed by atoms with Crippen LogP contribution in [-0.2, 0) is 14.3 Å². The Labute approximate surface area is 122 Å². The zero-order valence-corrected chi connectivity index (χ0v) is 12.5. The minimum absolute atomic E-state index is 0.144. The average Bonchev–Trinajstić information content (AvgIpc) is 2.94. The summed E-state index contributed by atoms with van der Waals surface area (Å²) >= 11 is 1.26. The lowest BCUT2D eigenvalue weighted by molar-refractivity contribution is -0.132. The molecule has 1 aliphatic rings.